The first kappa shape index (κ1) is 56.8. The summed E-state index contributed by atoms with van der Waals surface area (Å²) >= 11 is 22.9. The average molecular weight is 1450 g/mol. The minimum atomic E-state index is -5.23. The van der Waals surface area contributed by atoms with Crippen molar-refractivity contribution < 1.29 is 39.9 Å². The summed E-state index contributed by atoms with van der Waals surface area (Å²) in [6.45, 7) is -10.0. The van der Waals surface area contributed by atoms with Crippen molar-refractivity contribution in [2.24, 2.45) is 0 Å². The van der Waals surface area contributed by atoms with Gasteiger partial charge in [-0.15, -0.1) is 0 Å². The number of halogens is 12. The molecule has 0 bridgehead atoms. The Kier molecular flexibility index (Phi) is 16.9. The van der Waals surface area contributed by atoms with Crippen molar-refractivity contribution in [2.45, 2.75) is 24.7 Å². The van der Waals surface area contributed by atoms with Crippen LogP contribution in [0.1, 0.15) is 22.3 Å². The Bertz CT molecular complexity index is 3030. The standard InChI is InChI=1S/C58H41BBr6F6O3P2/c60-42-34-53(62)51(54(63)35-42)38-75(45-19-7-1-8-20-45,46-21-9-2-10-22-46,47-23-11-3-12-24-47)73-59(72-44-32-40(57(66,67)68)31-41(33-44)58(69,70)71)74-76(48-25-13-4-14-26-48,49-27-15-5-16-28-49,50-29-17-6-18-30-50)39-52-55(64)36-43(61)37-56(52)65/h1-37H,38-39H2. The van der Waals surface area contributed by atoms with E-state index in [2.05, 4.69) is 95.6 Å². The van der Waals surface area contributed by atoms with Gasteiger partial charge in [0.1, 0.15) is 0 Å². The first-order valence-corrected chi connectivity index (χ1v) is 32.7. The van der Waals surface area contributed by atoms with Gasteiger partial charge in [-0.2, -0.15) is 0 Å². The van der Waals surface area contributed by atoms with Crippen LogP contribution in [-0.2, 0) is 33.6 Å². The minimum absolute atomic E-state index is 0.0411. The molecule has 0 fully saturated rings. The molecule has 0 spiro atoms. The molecular formula is C58H41BBr6F6O3P2. The van der Waals surface area contributed by atoms with Gasteiger partial charge in [-0.1, -0.05) is 0 Å². The molecule has 0 saturated heterocycles. The molecule has 0 heterocycles. The molecule has 9 aromatic rings. The molecule has 9 aromatic carbocycles. The zero-order chi connectivity index (χ0) is 54.0. The van der Waals surface area contributed by atoms with Crippen LogP contribution in [0.2, 0.25) is 0 Å². The second-order valence-corrected chi connectivity index (χ2v) is 32.1. The second kappa shape index (κ2) is 22.7. The van der Waals surface area contributed by atoms with Crippen LogP contribution in [0.4, 0.5) is 26.3 Å². The topological polar surface area (TPSA) is 27.7 Å². The van der Waals surface area contributed by atoms with E-state index in [4.69, 9.17) is 13.5 Å². The van der Waals surface area contributed by atoms with E-state index in [9.17, 15) is 0 Å². The summed E-state index contributed by atoms with van der Waals surface area (Å²) in [7, 11) is -2.16. The molecule has 0 aliphatic rings. The predicted octanol–water partition coefficient (Wildman–Crippen LogP) is 18.0. The van der Waals surface area contributed by atoms with E-state index < -0.39 is 50.2 Å². The van der Waals surface area contributed by atoms with Gasteiger partial charge in [-0.3, -0.25) is 0 Å². The van der Waals surface area contributed by atoms with Crippen molar-refractivity contribution in [1.82, 2.24) is 0 Å². The van der Waals surface area contributed by atoms with Crippen molar-refractivity contribution in [3.8, 4) is 5.75 Å². The van der Waals surface area contributed by atoms with E-state index in [1.807, 2.05) is 206 Å². The normalized spacial score (nSPS) is 13.3. The molecule has 0 N–H and O–H groups in total. The van der Waals surface area contributed by atoms with Gasteiger partial charge >= 0.3 is 492 Å². The van der Waals surface area contributed by atoms with Crippen molar-refractivity contribution in [3.63, 3.8) is 0 Å². The third-order valence-electron chi connectivity index (χ3n) is 13.4. The van der Waals surface area contributed by atoms with Gasteiger partial charge in [0.2, 0.25) is 0 Å². The fourth-order valence-corrected chi connectivity index (χ4v) is 27.4. The molecule has 0 saturated carbocycles. The van der Waals surface area contributed by atoms with Gasteiger partial charge in [0.05, 0.1) is 0 Å². The van der Waals surface area contributed by atoms with Gasteiger partial charge < -0.3 is 0 Å². The van der Waals surface area contributed by atoms with Gasteiger partial charge in [-0.25, -0.2) is 0 Å². The van der Waals surface area contributed by atoms with Crippen molar-refractivity contribution in [3.05, 3.63) is 274 Å². The maximum atomic E-state index is 15.1. The molecular weight excluding hydrogens is 1410 g/mol. The summed E-state index contributed by atoms with van der Waals surface area (Å²) in [5, 5.41) is 3.85. The fourth-order valence-electron chi connectivity index (χ4n) is 9.94. The summed E-state index contributed by atoms with van der Waals surface area (Å²) in [4.78, 5) is 0. The third kappa shape index (κ3) is 10.8. The molecule has 0 amide bonds. The van der Waals surface area contributed by atoms with Gasteiger partial charge in [0.15, 0.2) is 0 Å². The molecule has 0 unspecified atom stereocenters. The van der Waals surface area contributed by atoms with Crippen molar-refractivity contribution >= 4 is 148 Å². The Labute approximate surface area is 487 Å². The first-order valence-electron chi connectivity index (χ1n) is 23.2. The average Bonchev–Trinajstić information content (AvgIpc) is 3.43. The van der Waals surface area contributed by atoms with E-state index in [1.165, 1.54) is 0 Å². The summed E-state index contributed by atoms with van der Waals surface area (Å²) in [5.41, 5.74) is -1.72. The molecule has 0 aromatic heterocycles. The van der Waals surface area contributed by atoms with Crippen LogP contribution in [0.15, 0.2) is 251 Å². The Morgan fingerprint density at radius 3 is 0.803 bits per heavy atom. The quantitative estimate of drug-likeness (QED) is 0.0548. The van der Waals surface area contributed by atoms with Crippen LogP contribution < -0.4 is 36.5 Å². The molecule has 0 radical (unpaired) electrons. The summed E-state index contributed by atoms with van der Waals surface area (Å²) in [6.07, 6.45) is -10.4. The number of hydrogen-bond acceptors (Lipinski definition) is 3. The molecule has 9 rings (SSSR count). The summed E-state index contributed by atoms with van der Waals surface area (Å²) < 4.78 is 118. The second-order valence-electron chi connectivity index (χ2n) is 17.8. The van der Waals surface area contributed by atoms with Crippen LogP contribution >= 0.6 is 109 Å². The van der Waals surface area contributed by atoms with Crippen LogP contribution in [-0.4, -0.2) is 7.32 Å². The van der Waals surface area contributed by atoms with Gasteiger partial charge in [0.25, 0.3) is 0 Å². The first-order chi connectivity index (χ1) is 36.3. The maximum absolute atomic E-state index is 15.1. The van der Waals surface area contributed by atoms with Crippen LogP contribution in [0.3, 0.4) is 0 Å². The molecule has 0 atom stereocenters. The van der Waals surface area contributed by atoms with Gasteiger partial charge in [-0.05, 0) is 0 Å². The Balaban J connectivity index is 1.51. The van der Waals surface area contributed by atoms with Crippen molar-refractivity contribution in [2.75, 3.05) is 0 Å². The zero-order valence-corrected chi connectivity index (χ0v) is 50.8. The third-order valence-corrected chi connectivity index (χ3v) is 28.6. The molecule has 388 valence electrons. The van der Waals surface area contributed by atoms with Crippen LogP contribution in [0.25, 0.3) is 0 Å². The van der Waals surface area contributed by atoms with Crippen molar-refractivity contribution in [1.29, 1.82) is 0 Å². The summed E-state index contributed by atoms with van der Waals surface area (Å²) in [6, 6.07) is 65.7. The van der Waals surface area contributed by atoms with Crippen LogP contribution in [0.5, 0.6) is 5.75 Å². The zero-order valence-electron chi connectivity index (χ0n) is 39.5. The monoisotopic (exact) mass is 1450 g/mol. The summed E-state index contributed by atoms with van der Waals surface area (Å²) in [5.74, 6) is -0.805. The molecule has 3 nitrogen and oxygen atoms in total. The van der Waals surface area contributed by atoms with Crippen LogP contribution in [0, 0.1) is 0 Å². The number of hydrogen-bond donors (Lipinski definition) is 0. The predicted molar refractivity (Wildman–Crippen MR) is 322 cm³/mol. The SMILES string of the molecule is FC(F)(F)c1cc(OB(OP(Cc2c(Br)cc(Br)cc2Br)(c2ccccc2)(c2ccccc2)c2ccccc2)OP(Cc2c(Br)cc(Br)cc2Br)(c2ccccc2)(c2ccccc2)c2ccccc2)cc(C(F)(F)F)c1. The molecule has 76 heavy (non-hydrogen) atoms. The van der Waals surface area contributed by atoms with E-state index in [0.29, 0.717) is 61.9 Å². The number of rotatable bonds is 16. The Morgan fingerprint density at radius 1 is 0.342 bits per heavy atom. The van der Waals surface area contributed by atoms with E-state index in [1.54, 1.807) is 0 Å². The Morgan fingerprint density at radius 2 is 0.579 bits per heavy atom. The molecule has 0 aliphatic heterocycles. The van der Waals surface area contributed by atoms with E-state index in [0.717, 1.165) is 20.1 Å². The fraction of sp³-hybridized carbons (Fsp3) is 0.0690. The number of benzene rings is 9. The van der Waals surface area contributed by atoms with E-state index >= 15 is 26.3 Å². The van der Waals surface area contributed by atoms with Gasteiger partial charge in [0, 0.05) is 0 Å². The molecule has 0 aliphatic carbocycles. The van der Waals surface area contributed by atoms with E-state index in [-0.39, 0.29) is 18.4 Å². The molecule has 18 heteroatoms. The number of alkyl halides is 6. The Hall–Kier alpha value is -3.92.